The van der Waals surface area contributed by atoms with Crippen LogP contribution in [-0.4, -0.2) is 17.5 Å². The van der Waals surface area contributed by atoms with Gasteiger partial charge in [-0.15, -0.1) is 11.8 Å². The predicted molar refractivity (Wildman–Crippen MR) is 82.0 cm³/mol. The Morgan fingerprint density at radius 3 is 2.73 bits per heavy atom. The molecule has 122 valence electrons. The second-order valence-electron chi connectivity index (χ2n) is 6.37. The molecule has 2 atom stereocenters. The normalized spacial score (nSPS) is 29.5. The van der Waals surface area contributed by atoms with Crippen LogP contribution in [0.4, 0.5) is 13.2 Å². The topological polar surface area (TPSA) is 9.23 Å². The van der Waals surface area contributed by atoms with Crippen LogP contribution in [0.15, 0.2) is 29.2 Å². The van der Waals surface area contributed by atoms with Crippen molar-refractivity contribution in [3.05, 3.63) is 29.8 Å². The lowest BCUT2D eigenvalue weighted by molar-refractivity contribution is -0.137. The van der Waals surface area contributed by atoms with Crippen LogP contribution in [0, 0.1) is 5.92 Å². The minimum Gasteiger partial charge on any atom is -0.378 e. The molecule has 1 aromatic carbocycles. The van der Waals surface area contributed by atoms with Gasteiger partial charge in [0.1, 0.15) is 0 Å². The number of alkyl halides is 3. The van der Waals surface area contributed by atoms with E-state index in [0.717, 1.165) is 31.9 Å². The Kier molecular flexibility index (Phi) is 4.47. The summed E-state index contributed by atoms with van der Waals surface area (Å²) in [5.41, 5.74) is -0.561. The maximum absolute atomic E-state index is 12.9. The molecule has 1 saturated carbocycles. The fourth-order valence-electron chi connectivity index (χ4n) is 3.17. The molecule has 0 radical (unpaired) electrons. The van der Waals surface area contributed by atoms with Crippen molar-refractivity contribution < 1.29 is 17.9 Å². The summed E-state index contributed by atoms with van der Waals surface area (Å²) in [6.45, 7) is 2.86. The second kappa shape index (κ2) is 6.08. The fraction of sp³-hybridized carbons (Fsp3) is 0.647. The molecule has 0 bridgehead atoms. The van der Waals surface area contributed by atoms with Crippen LogP contribution in [-0.2, 0) is 10.9 Å². The number of halogens is 3. The SMILES string of the molecule is CCC1(Sc2cccc(C(F)(F)F)c2)CCOC(C2CC2)C1. The van der Waals surface area contributed by atoms with Gasteiger partial charge in [0.05, 0.1) is 11.7 Å². The maximum Gasteiger partial charge on any atom is 0.416 e. The van der Waals surface area contributed by atoms with E-state index in [9.17, 15) is 13.2 Å². The van der Waals surface area contributed by atoms with Gasteiger partial charge in [0, 0.05) is 16.2 Å². The summed E-state index contributed by atoms with van der Waals surface area (Å²) in [6.07, 6.45) is 1.31. The van der Waals surface area contributed by atoms with Crippen molar-refractivity contribution in [2.45, 2.75) is 61.0 Å². The number of benzene rings is 1. The third kappa shape index (κ3) is 3.62. The van der Waals surface area contributed by atoms with Crippen molar-refractivity contribution in [3.8, 4) is 0 Å². The molecule has 0 amide bonds. The van der Waals surface area contributed by atoms with Gasteiger partial charge in [-0.3, -0.25) is 0 Å². The predicted octanol–water partition coefficient (Wildman–Crippen LogP) is 5.54. The Bertz CT molecular complexity index is 527. The Morgan fingerprint density at radius 2 is 2.09 bits per heavy atom. The first-order chi connectivity index (χ1) is 10.4. The Hall–Kier alpha value is -0.680. The smallest absolute Gasteiger partial charge is 0.378 e. The first kappa shape index (κ1) is 16.2. The number of hydrogen-bond acceptors (Lipinski definition) is 2. The van der Waals surface area contributed by atoms with Gasteiger partial charge in [0.15, 0.2) is 0 Å². The quantitative estimate of drug-likeness (QED) is 0.717. The molecule has 22 heavy (non-hydrogen) atoms. The number of hydrogen-bond donors (Lipinski definition) is 0. The van der Waals surface area contributed by atoms with Crippen LogP contribution in [0.2, 0.25) is 0 Å². The average Bonchev–Trinajstić information content (AvgIpc) is 3.31. The lowest BCUT2D eigenvalue weighted by Crippen LogP contribution is -2.38. The molecule has 0 N–H and O–H groups in total. The second-order valence-corrected chi connectivity index (χ2v) is 7.91. The summed E-state index contributed by atoms with van der Waals surface area (Å²) in [5, 5.41) is 0. The molecule has 0 spiro atoms. The van der Waals surface area contributed by atoms with E-state index in [1.807, 2.05) is 0 Å². The third-order valence-corrected chi connectivity index (χ3v) is 6.33. The van der Waals surface area contributed by atoms with Crippen molar-refractivity contribution >= 4 is 11.8 Å². The van der Waals surface area contributed by atoms with Crippen molar-refractivity contribution in [1.29, 1.82) is 0 Å². The summed E-state index contributed by atoms with van der Waals surface area (Å²) in [7, 11) is 0. The van der Waals surface area contributed by atoms with E-state index in [2.05, 4.69) is 6.92 Å². The maximum atomic E-state index is 12.9. The zero-order valence-corrected chi connectivity index (χ0v) is 13.5. The van der Waals surface area contributed by atoms with Gasteiger partial charge in [-0.2, -0.15) is 13.2 Å². The fourth-order valence-corrected chi connectivity index (χ4v) is 4.58. The van der Waals surface area contributed by atoms with Gasteiger partial charge in [-0.25, -0.2) is 0 Å². The number of thioether (sulfide) groups is 1. The van der Waals surface area contributed by atoms with Crippen LogP contribution < -0.4 is 0 Å². The molecule has 5 heteroatoms. The molecule has 3 rings (SSSR count). The molecular formula is C17H21F3OS. The standard InChI is InChI=1S/C17H21F3OS/c1-2-16(8-9-21-15(11-16)12-6-7-12)22-14-5-3-4-13(10-14)17(18,19)20/h3-5,10,12,15H,2,6-9,11H2,1H3. The highest BCUT2D eigenvalue weighted by molar-refractivity contribution is 8.00. The van der Waals surface area contributed by atoms with Gasteiger partial charge in [-0.1, -0.05) is 13.0 Å². The highest BCUT2D eigenvalue weighted by atomic mass is 32.2. The summed E-state index contributed by atoms with van der Waals surface area (Å²) in [6, 6.07) is 5.72. The monoisotopic (exact) mass is 330 g/mol. The Balaban J connectivity index is 1.77. The van der Waals surface area contributed by atoms with E-state index in [-0.39, 0.29) is 4.75 Å². The van der Waals surface area contributed by atoms with Gasteiger partial charge >= 0.3 is 6.18 Å². The van der Waals surface area contributed by atoms with Crippen molar-refractivity contribution in [1.82, 2.24) is 0 Å². The molecule has 1 aliphatic carbocycles. The summed E-state index contributed by atoms with van der Waals surface area (Å²) >= 11 is 1.61. The van der Waals surface area contributed by atoms with Crippen LogP contribution in [0.3, 0.4) is 0 Å². The molecule has 1 nitrogen and oxygen atoms in total. The van der Waals surface area contributed by atoms with E-state index >= 15 is 0 Å². The van der Waals surface area contributed by atoms with Crippen LogP contribution in [0.1, 0.15) is 44.6 Å². The van der Waals surface area contributed by atoms with Crippen molar-refractivity contribution in [2.75, 3.05) is 6.61 Å². The molecule has 2 unspecified atom stereocenters. The first-order valence-corrected chi connectivity index (χ1v) is 8.71. The summed E-state index contributed by atoms with van der Waals surface area (Å²) in [4.78, 5) is 0.716. The number of rotatable bonds is 4. The Labute approximate surface area is 133 Å². The van der Waals surface area contributed by atoms with Crippen molar-refractivity contribution in [2.24, 2.45) is 5.92 Å². The summed E-state index contributed by atoms with van der Waals surface area (Å²) < 4.78 is 44.5. The molecule has 1 aliphatic heterocycles. The number of ether oxygens (including phenoxy) is 1. The Morgan fingerprint density at radius 1 is 1.32 bits per heavy atom. The van der Waals surface area contributed by atoms with Crippen LogP contribution in [0.5, 0.6) is 0 Å². The molecule has 2 aliphatic rings. The first-order valence-electron chi connectivity index (χ1n) is 7.90. The summed E-state index contributed by atoms with van der Waals surface area (Å²) in [5.74, 6) is 0.674. The van der Waals surface area contributed by atoms with Gasteiger partial charge < -0.3 is 4.74 Å². The minimum atomic E-state index is -4.28. The van der Waals surface area contributed by atoms with E-state index in [1.54, 1.807) is 17.8 Å². The van der Waals surface area contributed by atoms with E-state index in [0.29, 0.717) is 16.9 Å². The molecular weight excluding hydrogens is 309 g/mol. The lowest BCUT2D eigenvalue weighted by atomic mass is 9.90. The average molecular weight is 330 g/mol. The lowest BCUT2D eigenvalue weighted by Gasteiger charge is -2.40. The largest absolute Gasteiger partial charge is 0.416 e. The molecule has 2 fully saturated rings. The zero-order chi connectivity index (χ0) is 15.8. The van der Waals surface area contributed by atoms with Crippen LogP contribution in [0.25, 0.3) is 0 Å². The third-order valence-electron chi connectivity index (χ3n) is 4.75. The van der Waals surface area contributed by atoms with E-state index in [1.165, 1.54) is 25.0 Å². The molecule has 1 heterocycles. The molecule has 1 saturated heterocycles. The highest BCUT2D eigenvalue weighted by Crippen LogP contribution is 2.49. The molecule has 1 aromatic rings. The van der Waals surface area contributed by atoms with Crippen LogP contribution >= 0.6 is 11.8 Å². The van der Waals surface area contributed by atoms with Gasteiger partial charge in [0.2, 0.25) is 0 Å². The molecule has 0 aromatic heterocycles. The van der Waals surface area contributed by atoms with Gasteiger partial charge in [-0.05, 0) is 56.2 Å². The minimum absolute atomic E-state index is 0.00965. The zero-order valence-electron chi connectivity index (χ0n) is 12.7. The van der Waals surface area contributed by atoms with Gasteiger partial charge in [0.25, 0.3) is 0 Å². The van der Waals surface area contributed by atoms with Crippen molar-refractivity contribution in [3.63, 3.8) is 0 Å². The van der Waals surface area contributed by atoms with E-state index < -0.39 is 11.7 Å². The van der Waals surface area contributed by atoms with E-state index in [4.69, 9.17) is 4.74 Å². The highest BCUT2D eigenvalue weighted by Gasteiger charge is 2.43.